The first kappa shape index (κ1) is 9.09. The molecule has 0 bridgehead atoms. The fourth-order valence-corrected chi connectivity index (χ4v) is 1.86. The average Bonchev–Trinajstić information content (AvgIpc) is 2.55. The van der Waals surface area contributed by atoms with Crippen LogP contribution in [0.4, 0.5) is 0 Å². The zero-order chi connectivity index (χ0) is 9.64. The fraction of sp³-hybridized carbons (Fsp3) is 0.556. The first-order valence-corrected chi connectivity index (χ1v) is 5.06. The molecule has 1 aromatic heterocycles. The quantitative estimate of drug-likeness (QED) is 0.815. The number of halogens is 1. The predicted molar refractivity (Wildman–Crippen MR) is 54.2 cm³/mol. The monoisotopic (exact) mass is 241 g/mol. The van der Waals surface area contributed by atoms with Gasteiger partial charge in [-0.1, -0.05) is 13.8 Å². The zero-order valence-electron chi connectivity index (χ0n) is 7.66. The summed E-state index contributed by atoms with van der Waals surface area (Å²) in [6.45, 7) is 4.29. The summed E-state index contributed by atoms with van der Waals surface area (Å²) >= 11 is 3.30. The molecule has 3 nitrogen and oxygen atoms in total. The minimum Gasteiger partial charge on any atom is -0.327 e. The summed E-state index contributed by atoms with van der Waals surface area (Å²) in [5, 5.41) is 0. The topological polar surface area (TPSA) is 51.8 Å². The third kappa shape index (κ3) is 1.38. The molecule has 1 aliphatic carbocycles. The summed E-state index contributed by atoms with van der Waals surface area (Å²) in [5.41, 5.74) is 6.08. The number of nitrogens with two attached hydrogens (primary N) is 1. The van der Waals surface area contributed by atoms with Crippen molar-refractivity contribution in [2.45, 2.75) is 25.8 Å². The van der Waals surface area contributed by atoms with Crippen LogP contribution < -0.4 is 5.73 Å². The smallest absolute Gasteiger partial charge is 0.133 e. The largest absolute Gasteiger partial charge is 0.327 e. The molecule has 4 heteroatoms. The van der Waals surface area contributed by atoms with Gasteiger partial charge in [0.25, 0.3) is 0 Å². The van der Waals surface area contributed by atoms with E-state index in [9.17, 15) is 0 Å². The second-order valence-corrected chi connectivity index (χ2v) is 5.00. The van der Waals surface area contributed by atoms with Gasteiger partial charge in [0.1, 0.15) is 5.82 Å². The van der Waals surface area contributed by atoms with Gasteiger partial charge in [0.2, 0.25) is 0 Å². The van der Waals surface area contributed by atoms with Crippen LogP contribution in [0.3, 0.4) is 0 Å². The summed E-state index contributed by atoms with van der Waals surface area (Å²) in [5.74, 6) is 1.18. The van der Waals surface area contributed by atoms with Crippen molar-refractivity contribution in [1.29, 1.82) is 0 Å². The first-order chi connectivity index (χ1) is 6.03. The van der Waals surface area contributed by atoms with Crippen molar-refractivity contribution in [3.8, 4) is 0 Å². The van der Waals surface area contributed by atoms with Crippen molar-refractivity contribution in [2.75, 3.05) is 0 Å². The Morgan fingerprint density at radius 1 is 1.38 bits per heavy atom. The van der Waals surface area contributed by atoms with E-state index in [0.717, 1.165) is 10.3 Å². The second-order valence-electron chi connectivity index (χ2n) is 4.08. The van der Waals surface area contributed by atoms with Crippen LogP contribution in [0.2, 0.25) is 0 Å². The Labute approximate surface area is 85.9 Å². The van der Waals surface area contributed by atoms with E-state index in [2.05, 4.69) is 39.7 Å². The minimum atomic E-state index is 0.161. The lowest BCUT2D eigenvalue weighted by Gasteiger charge is -2.00. The summed E-state index contributed by atoms with van der Waals surface area (Å²) in [6, 6.07) is 0.202. The molecule has 2 rings (SSSR count). The molecule has 2 atom stereocenters. The van der Waals surface area contributed by atoms with E-state index in [1.54, 1.807) is 12.4 Å². The Morgan fingerprint density at radius 3 is 2.23 bits per heavy atom. The molecule has 70 valence electrons. The molecule has 1 aliphatic rings. The van der Waals surface area contributed by atoms with Crippen molar-refractivity contribution in [2.24, 2.45) is 11.1 Å². The van der Waals surface area contributed by atoms with Gasteiger partial charge in [-0.05, 0) is 21.3 Å². The maximum Gasteiger partial charge on any atom is 0.133 e. The molecule has 1 fully saturated rings. The van der Waals surface area contributed by atoms with Crippen LogP contribution in [0.1, 0.15) is 25.6 Å². The lowest BCUT2D eigenvalue weighted by molar-refractivity contribution is 0.590. The standard InChI is InChI=1S/C9H12BrN3/c1-9(2)6(7(9)11)8-12-3-5(10)4-13-8/h3-4,6-7H,11H2,1-2H3/t6-,7+/m1/s1. The second kappa shape index (κ2) is 2.75. The molecule has 1 saturated carbocycles. The summed E-state index contributed by atoms with van der Waals surface area (Å²) in [7, 11) is 0. The lowest BCUT2D eigenvalue weighted by atomic mass is 10.1. The number of aromatic nitrogens is 2. The van der Waals surface area contributed by atoms with Crippen molar-refractivity contribution >= 4 is 15.9 Å². The normalized spacial score (nSPS) is 30.2. The van der Waals surface area contributed by atoms with Gasteiger partial charge in [0, 0.05) is 24.4 Å². The van der Waals surface area contributed by atoms with Crippen LogP contribution in [-0.4, -0.2) is 16.0 Å². The van der Waals surface area contributed by atoms with E-state index in [1.807, 2.05) is 0 Å². The Morgan fingerprint density at radius 2 is 1.85 bits per heavy atom. The third-order valence-corrected chi connectivity index (χ3v) is 3.24. The van der Waals surface area contributed by atoms with E-state index in [0.29, 0.717) is 5.92 Å². The number of hydrogen-bond acceptors (Lipinski definition) is 3. The molecular formula is C9H12BrN3. The van der Waals surface area contributed by atoms with E-state index >= 15 is 0 Å². The van der Waals surface area contributed by atoms with E-state index in [-0.39, 0.29) is 11.5 Å². The van der Waals surface area contributed by atoms with Crippen LogP contribution in [0.5, 0.6) is 0 Å². The molecule has 0 radical (unpaired) electrons. The highest BCUT2D eigenvalue weighted by Crippen LogP contribution is 2.56. The molecule has 1 aromatic rings. The van der Waals surface area contributed by atoms with Crippen LogP contribution in [0.25, 0.3) is 0 Å². The number of rotatable bonds is 1. The van der Waals surface area contributed by atoms with Gasteiger partial charge in [0.15, 0.2) is 0 Å². The molecule has 0 spiro atoms. The molecule has 0 amide bonds. The molecule has 0 unspecified atom stereocenters. The molecule has 13 heavy (non-hydrogen) atoms. The Bertz CT molecular complexity index is 320. The Kier molecular flexibility index (Phi) is 1.92. The highest BCUT2D eigenvalue weighted by atomic mass is 79.9. The van der Waals surface area contributed by atoms with Crippen molar-refractivity contribution in [3.05, 3.63) is 22.7 Å². The third-order valence-electron chi connectivity index (χ3n) is 2.83. The molecule has 0 aromatic carbocycles. The average molecular weight is 242 g/mol. The van der Waals surface area contributed by atoms with E-state index < -0.39 is 0 Å². The molecule has 0 aliphatic heterocycles. The van der Waals surface area contributed by atoms with Crippen molar-refractivity contribution < 1.29 is 0 Å². The van der Waals surface area contributed by atoms with Crippen LogP contribution in [-0.2, 0) is 0 Å². The van der Waals surface area contributed by atoms with Gasteiger partial charge in [-0.2, -0.15) is 0 Å². The first-order valence-electron chi connectivity index (χ1n) is 4.26. The highest BCUT2D eigenvalue weighted by Gasteiger charge is 2.57. The van der Waals surface area contributed by atoms with Crippen LogP contribution >= 0.6 is 15.9 Å². The molecule has 0 saturated heterocycles. The van der Waals surface area contributed by atoms with Gasteiger partial charge in [-0.25, -0.2) is 9.97 Å². The summed E-state index contributed by atoms with van der Waals surface area (Å²) < 4.78 is 0.906. The fourth-order valence-electron chi connectivity index (χ4n) is 1.65. The summed E-state index contributed by atoms with van der Waals surface area (Å²) in [6.07, 6.45) is 3.53. The maximum atomic E-state index is 5.92. The lowest BCUT2D eigenvalue weighted by Crippen LogP contribution is -2.06. The number of hydrogen-bond donors (Lipinski definition) is 1. The van der Waals surface area contributed by atoms with Crippen LogP contribution in [0, 0.1) is 5.41 Å². The van der Waals surface area contributed by atoms with Gasteiger partial charge in [-0.3, -0.25) is 0 Å². The van der Waals surface area contributed by atoms with E-state index in [4.69, 9.17) is 5.73 Å². The Balaban J connectivity index is 2.25. The van der Waals surface area contributed by atoms with E-state index in [1.165, 1.54) is 0 Å². The molecular weight excluding hydrogens is 230 g/mol. The van der Waals surface area contributed by atoms with Crippen molar-refractivity contribution in [3.63, 3.8) is 0 Å². The maximum absolute atomic E-state index is 5.92. The van der Waals surface area contributed by atoms with Gasteiger partial charge < -0.3 is 5.73 Å². The van der Waals surface area contributed by atoms with Gasteiger partial charge in [0.05, 0.1) is 4.47 Å². The predicted octanol–water partition coefficient (Wildman–Crippen LogP) is 1.69. The van der Waals surface area contributed by atoms with Crippen molar-refractivity contribution in [1.82, 2.24) is 9.97 Å². The van der Waals surface area contributed by atoms with Gasteiger partial charge >= 0.3 is 0 Å². The SMILES string of the molecule is CC1(C)[C@@H](N)[C@@H]1c1ncc(Br)cn1. The zero-order valence-corrected chi connectivity index (χ0v) is 9.25. The molecule has 2 N–H and O–H groups in total. The molecule has 1 heterocycles. The summed E-state index contributed by atoms with van der Waals surface area (Å²) in [4.78, 5) is 8.50. The van der Waals surface area contributed by atoms with Crippen LogP contribution in [0.15, 0.2) is 16.9 Å². The minimum absolute atomic E-state index is 0.161. The highest BCUT2D eigenvalue weighted by molar-refractivity contribution is 9.10. The van der Waals surface area contributed by atoms with Gasteiger partial charge in [-0.15, -0.1) is 0 Å². The Hall–Kier alpha value is -0.480. The number of nitrogens with zero attached hydrogens (tertiary/aromatic N) is 2.